The van der Waals surface area contributed by atoms with Gasteiger partial charge in [-0.3, -0.25) is 9.80 Å². The largest absolute Gasteiger partial charge is 0.298 e. The van der Waals surface area contributed by atoms with E-state index in [1.165, 1.54) is 19.6 Å². The highest BCUT2D eigenvalue weighted by atomic mass is 15.3. The Morgan fingerprint density at radius 2 is 1.62 bits per heavy atom. The number of hydrogen-bond acceptors (Lipinski definition) is 2. The summed E-state index contributed by atoms with van der Waals surface area (Å²) in [5, 5.41) is 0. The molecular formula is C11H24N2. The third kappa shape index (κ3) is 2.44. The number of rotatable bonds is 2. The number of nitrogens with zero attached hydrogens (tertiary/aromatic N) is 2. The molecule has 0 aromatic carbocycles. The Bertz CT molecular complexity index is 144. The second-order valence-corrected chi connectivity index (χ2v) is 4.58. The van der Waals surface area contributed by atoms with E-state index in [0.29, 0.717) is 6.04 Å². The summed E-state index contributed by atoms with van der Waals surface area (Å²) < 4.78 is 0. The minimum atomic E-state index is 0.698. The fourth-order valence-corrected chi connectivity index (χ4v) is 2.44. The topological polar surface area (TPSA) is 6.48 Å². The fraction of sp³-hybridized carbons (Fsp3) is 1.00. The molecule has 0 amide bonds. The van der Waals surface area contributed by atoms with E-state index in [9.17, 15) is 0 Å². The van der Waals surface area contributed by atoms with E-state index >= 15 is 0 Å². The molecule has 1 aliphatic rings. The smallest absolute Gasteiger partial charge is 0.0198 e. The van der Waals surface area contributed by atoms with Crippen LogP contribution in [-0.2, 0) is 0 Å². The van der Waals surface area contributed by atoms with E-state index in [1.54, 1.807) is 0 Å². The summed E-state index contributed by atoms with van der Waals surface area (Å²) in [5.41, 5.74) is 0. The minimum Gasteiger partial charge on any atom is -0.298 e. The van der Waals surface area contributed by atoms with Crippen LogP contribution < -0.4 is 0 Å². The predicted molar refractivity (Wildman–Crippen MR) is 58.0 cm³/mol. The minimum absolute atomic E-state index is 0.698. The molecule has 0 saturated carbocycles. The molecule has 0 N–H and O–H groups in total. The summed E-state index contributed by atoms with van der Waals surface area (Å²) in [7, 11) is 0. The fourth-order valence-electron chi connectivity index (χ4n) is 2.44. The molecule has 0 aromatic heterocycles. The van der Waals surface area contributed by atoms with E-state index < -0.39 is 0 Å². The maximum atomic E-state index is 2.60. The van der Waals surface area contributed by atoms with Crippen molar-refractivity contribution in [2.24, 2.45) is 0 Å². The molecule has 1 saturated heterocycles. The molecule has 0 bridgehead atoms. The van der Waals surface area contributed by atoms with Gasteiger partial charge in [0, 0.05) is 31.2 Å². The second-order valence-electron chi connectivity index (χ2n) is 4.58. The van der Waals surface area contributed by atoms with Crippen molar-refractivity contribution in [2.75, 3.05) is 19.6 Å². The van der Waals surface area contributed by atoms with Crippen molar-refractivity contribution in [3.8, 4) is 0 Å². The van der Waals surface area contributed by atoms with Gasteiger partial charge in [0.05, 0.1) is 0 Å². The lowest BCUT2D eigenvalue weighted by atomic mass is 10.1. The molecule has 13 heavy (non-hydrogen) atoms. The van der Waals surface area contributed by atoms with E-state index in [4.69, 9.17) is 0 Å². The van der Waals surface area contributed by atoms with Crippen LogP contribution in [0, 0.1) is 0 Å². The quantitative estimate of drug-likeness (QED) is 0.646. The molecule has 0 spiro atoms. The highest BCUT2D eigenvalue weighted by molar-refractivity contribution is 4.85. The molecule has 78 valence electrons. The summed E-state index contributed by atoms with van der Waals surface area (Å²) in [6, 6.07) is 2.14. The van der Waals surface area contributed by atoms with E-state index in [1.807, 2.05) is 0 Å². The van der Waals surface area contributed by atoms with Gasteiger partial charge in [0.15, 0.2) is 0 Å². The van der Waals surface area contributed by atoms with Crippen LogP contribution in [0.1, 0.15) is 34.6 Å². The SMILES string of the molecule is CCN1[C@H](C)CN(C(C)C)C[C@@H]1C. The molecule has 2 atom stereocenters. The zero-order valence-electron chi connectivity index (χ0n) is 9.75. The molecule has 0 radical (unpaired) electrons. The molecule has 1 heterocycles. The van der Waals surface area contributed by atoms with Crippen molar-refractivity contribution in [3.05, 3.63) is 0 Å². The Morgan fingerprint density at radius 3 is 1.92 bits per heavy atom. The van der Waals surface area contributed by atoms with Gasteiger partial charge in [0.1, 0.15) is 0 Å². The van der Waals surface area contributed by atoms with E-state index in [-0.39, 0.29) is 0 Å². The van der Waals surface area contributed by atoms with Gasteiger partial charge in [-0.1, -0.05) is 6.92 Å². The lowest BCUT2D eigenvalue weighted by Gasteiger charge is -2.45. The van der Waals surface area contributed by atoms with Crippen molar-refractivity contribution in [1.29, 1.82) is 0 Å². The molecule has 1 fully saturated rings. The first kappa shape index (κ1) is 11.0. The number of likely N-dealkylation sites (N-methyl/N-ethyl adjacent to an activating group) is 1. The lowest BCUT2D eigenvalue weighted by Crippen LogP contribution is -2.57. The molecular weight excluding hydrogens is 160 g/mol. The first-order valence-electron chi connectivity index (χ1n) is 5.56. The Kier molecular flexibility index (Phi) is 3.74. The molecule has 0 aliphatic carbocycles. The standard InChI is InChI=1S/C11H24N2/c1-6-13-10(4)7-12(9(2)3)8-11(13)5/h9-11H,6-8H2,1-5H3/t10-,11+. The van der Waals surface area contributed by atoms with Crippen molar-refractivity contribution >= 4 is 0 Å². The van der Waals surface area contributed by atoms with Crippen LogP contribution in [0.15, 0.2) is 0 Å². The summed E-state index contributed by atoms with van der Waals surface area (Å²) in [6.07, 6.45) is 0. The highest BCUT2D eigenvalue weighted by Crippen LogP contribution is 2.16. The van der Waals surface area contributed by atoms with Crippen molar-refractivity contribution in [2.45, 2.75) is 52.7 Å². The summed E-state index contributed by atoms with van der Waals surface area (Å²) in [6.45, 7) is 15.2. The van der Waals surface area contributed by atoms with Crippen LogP contribution in [0.5, 0.6) is 0 Å². The zero-order valence-corrected chi connectivity index (χ0v) is 9.75. The maximum absolute atomic E-state index is 2.60. The Labute approximate surface area is 82.9 Å². The average molecular weight is 184 g/mol. The van der Waals surface area contributed by atoms with Gasteiger partial charge in [0.2, 0.25) is 0 Å². The van der Waals surface area contributed by atoms with E-state index in [2.05, 4.69) is 44.4 Å². The van der Waals surface area contributed by atoms with Crippen LogP contribution in [0.4, 0.5) is 0 Å². The summed E-state index contributed by atoms with van der Waals surface area (Å²) in [5.74, 6) is 0. The Hall–Kier alpha value is -0.0800. The second kappa shape index (κ2) is 4.43. The van der Waals surface area contributed by atoms with Gasteiger partial charge in [-0.15, -0.1) is 0 Å². The molecule has 1 aliphatic heterocycles. The van der Waals surface area contributed by atoms with Crippen LogP contribution >= 0.6 is 0 Å². The molecule has 0 unspecified atom stereocenters. The third-order valence-corrected chi connectivity index (χ3v) is 3.23. The third-order valence-electron chi connectivity index (χ3n) is 3.23. The zero-order chi connectivity index (χ0) is 10.0. The van der Waals surface area contributed by atoms with Gasteiger partial charge in [0.25, 0.3) is 0 Å². The maximum Gasteiger partial charge on any atom is 0.0198 e. The lowest BCUT2D eigenvalue weighted by molar-refractivity contribution is 0.0276. The summed E-state index contributed by atoms with van der Waals surface area (Å²) >= 11 is 0. The van der Waals surface area contributed by atoms with E-state index in [0.717, 1.165) is 12.1 Å². The van der Waals surface area contributed by atoms with Crippen molar-refractivity contribution in [3.63, 3.8) is 0 Å². The molecule has 0 aromatic rings. The number of piperazine rings is 1. The summed E-state index contributed by atoms with van der Waals surface area (Å²) in [4.78, 5) is 5.18. The van der Waals surface area contributed by atoms with Crippen molar-refractivity contribution < 1.29 is 0 Å². The van der Waals surface area contributed by atoms with Gasteiger partial charge >= 0.3 is 0 Å². The molecule has 1 rings (SSSR count). The first-order chi connectivity index (χ1) is 6.06. The van der Waals surface area contributed by atoms with Crippen molar-refractivity contribution in [1.82, 2.24) is 9.80 Å². The average Bonchev–Trinajstić information content (AvgIpc) is 2.03. The van der Waals surface area contributed by atoms with Gasteiger partial charge in [-0.05, 0) is 34.2 Å². The molecule has 2 nitrogen and oxygen atoms in total. The van der Waals surface area contributed by atoms with Gasteiger partial charge < -0.3 is 0 Å². The normalized spacial score (nSPS) is 32.8. The Balaban J connectivity index is 2.56. The van der Waals surface area contributed by atoms with Crippen LogP contribution in [0.2, 0.25) is 0 Å². The van der Waals surface area contributed by atoms with Gasteiger partial charge in [-0.2, -0.15) is 0 Å². The predicted octanol–water partition coefficient (Wildman–Crippen LogP) is 1.81. The number of hydrogen-bond donors (Lipinski definition) is 0. The van der Waals surface area contributed by atoms with Crippen LogP contribution in [-0.4, -0.2) is 47.6 Å². The first-order valence-corrected chi connectivity index (χ1v) is 5.56. The van der Waals surface area contributed by atoms with Crippen LogP contribution in [0.25, 0.3) is 0 Å². The van der Waals surface area contributed by atoms with Gasteiger partial charge in [-0.25, -0.2) is 0 Å². The monoisotopic (exact) mass is 184 g/mol. The molecule has 2 heteroatoms. The van der Waals surface area contributed by atoms with Crippen LogP contribution in [0.3, 0.4) is 0 Å². The highest BCUT2D eigenvalue weighted by Gasteiger charge is 2.28. The Morgan fingerprint density at radius 1 is 1.15 bits per heavy atom.